The predicted octanol–water partition coefficient (Wildman–Crippen LogP) is 5.07. The second kappa shape index (κ2) is 7.75. The van der Waals surface area contributed by atoms with Gasteiger partial charge in [-0.15, -0.1) is 0 Å². The SMILES string of the molecule is CC(C)(C)OC(=O)N1CCCC[C@@H]1[C@@H](C=O)c1ccc(Cl)c(Cl)c1. The Morgan fingerprint density at radius 3 is 2.58 bits per heavy atom. The molecule has 0 aliphatic carbocycles. The maximum absolute atomic E-state index is 12.5. The van der Waals surface area contributed by atoms with Crippen LogP contribution in [0.2, 0.25) is 10.0 Å². The zero-order chi connectivity index (χ0) is 17.9. The van der Waals surface area contributed by atoms with Crippen molar-refractivity contribution in [1.29, 1.82) is 0 Å². The molecule has 1 saturated heterocycles. The number of hydrogen-bond acceptors (Lipinski definition) is 3. The van der Waals surface area contributed by atoms with E-state index in [0.29, 0.717) is 16.6 Å². The fraction of sp³-hybridized carbons (Fsp3) is 0.556. The molecule has 0 aromatic heterocycles. The van der Waals surface area contributed by atoms with Crippen molar-refractivity contribution in [3.63, 3.8) is 0 Å². The fourth-order valence-corrected chi connectivity index (χ4v) is 3.30. The topological polar surface area (TPSA) is 46.6 Å². The summed E-state index contributed by atoms with van der Waals surface area (Å²) in [5.74, 6) is -0.451. The van der Waals surface area contributed by atoms with Crippen LogP contribution in [0.1, 0.15) is 51.5 Å². The Bertz CT molecular complexity index is 613. The smallest absolute Gasteiger partial charge is 0.410 e. The number of carbonyl (C=O) groups is 2. The summed E-state index contributed by atoms with van der Waals surface area (Å²) in [5, 5.41) is 0.846. The summed E-state index contributed by atoms with van der Waals surface area (Å²) in [7, 11) is 0. The van der Waals surface area contributed by atoms with Gasteiger partial charge in [-0.2, -0.15) is 0 Å². The summed E-state index contributed by atoms with van der Waals surface area (Å²) in [4.78, 5) is 26.0. The lowest BCUT2D eigenvalue weighted by molar-refractivity contribution is -0.110. The van der Waals surface area contributed by atoms with Gasteiger partial charge in [0.15, 0.2) is 0 Å². The largest absolute Gasteiger partial charge is 0.444 e. The third-order valence-electron chi connectivity index (χ3n) is 4.07. The number of ether oxygens (including phenoxy) is 1. The molecule has 24 heavy (non-hydrogen) atoms. The molecule has 1 heterocycles. The Hall–Kier alpha value is -1.26. The first-order chi connectivity index (χ1) is 11.2. The number of nitrogens with zero attached hydrogens (tertiary/aromatic N) is 1. The number of carbonyl (C=O) groups excluding carboxylic acids is 2. The van der Waals surface area contributed by atoms with Crippen molar-refractivity contribution < 1.29 is 14.3 Å². The molecule has 4 nitrogen and oxygen atoms in total. The van der Waals surface area contributed by atoms with E-state index in [2.05, 4.69) is 0 Å². The molecular formula is C18H23Cl2NO3. The number of piperidine rings is 1. The zero-order valence-corrected chi connectivity index (χ0v) is 15.7. The molecule has 6 heteroatoms. The maximum Gasteiger partial charge on any atom is 0.410 e. The van der Waals surface area contributed by atoms with Crippen molar-refractivity contribution in [3.05, 3.63) is 33.8 Å². The molecule has 2 rings (SSSR count). The van der Waals surface area contributed by atoms with Crippen LogP contribution >= 0.6 is 23.2 Å². The second-order valence-corrected chi connectivity index (χ2v) is 7.89. The van der Waals surface area contributed by atoms with Gasteiger partial charge in [-0.25, -0.2) is 4.79 Å². The van der Waals surface area contributed by atoms with Crippen molar-refractivity contribution in [2.45, 2.75) is 57.6 Å². The van der Waals surface area contributed by atoms with Gasteiger partial charge in [-0.3, -0.25) is 0 Å². The summed E-state index contributed by atoms with van der Waals surface area (Å²) < 4.78 is 5.50. The van der Waals surface area contributed by atoms with Gasteiger partial charge in [-0.1, -0.05) is 29.3 Å². The third-order valence-corrected chi connectivity index (χ3v) is 4.81. The van der Waals surface area contributed by atoms with Crippen LogP contribution in [0, 0.1) is 0 Å². The highest BCUT2D eigenvalue weighted by Crippen LogP contribution is 2.33. The summed E-state index contributed by atoms with van der Waals surface area (Å²) in [5.41, 5.74) is 0.194. The molecule has 1 amide bonds. The molecule has 0 spiro atoms. The number of amides is 1. The van der Waals surface area contributed by atoms with Crippen LogP contribution in [0.5, 0.6) is 0 Å². The lowest BCUT2D eigenvalue weighted by Gasteiger charge is -2.39. The van der Waals surface area contributed by atoms with E-state index in [1.54, 1.807) is 23.1 Å². The number of likely N-dealkylation sites (tertiary alicyclic amines) is 1. The lowest BCUT2D eigenvalue weighted by Crippen LogP contribution is -2.49. The number of rotatable bonds is 3. The zero-order valence-electron chi connectivity index (χ0n) is 14.2. The Morgan fingerprint density at radius 2 is 2.00 bits per heavy atom. The normalized spacial score (nSPS) is 19.7. The molecule has 1 aromatic carbocycles. The van der Waals surface area contributed by atoms with Gasteiger partial charge in [0.05, 0.1) is 16.0 Å². The summed E-state index contributed by atoms with van der Waals surface area (Å²) in [6.07, 6.45) is 3.13. The van der Waals surface area contributed by atoms with Gasteiger partial charge in [-0.05, 0) is 57.7 Å². The first-order valence-electron chi connectivity index (χ1n) is 8.13. The van der Waals surface area contributed by atoms with E-state index < -0.39 is 11.5 Å². The molecule has 0 bridgehead atoms. The van der Waals surface area contributed by atoms with Crippen molar-refractivity contribution in [2.24, 2.45) is 0 Å². The highest BCUT2D eigenvalue weighted by molar-refractivity contribution is 6.42. The Kier molecular flexibility index (Phi) is 6.16. The van der Waals surface area contributed by atoms with E-state index in [-0.39, 0.29) is 12.1 Å². The fourth-order valence-electron chi connectivity index (χ4n) is 2.99. The van der Waals surface area contributed by atoms with Crippen LogP contribution in [-0.2, 0) is 9.53 Å². The van der Waals surface area contributed by atoms with E-state index in [9.17, 15) is 9.59 Å². The average molecular weight is 372 g/mol. The Labute approximate surface area is 153 Å². The van der Waals surface area contributed by atoms with Crippen LogP contribution < -0.4 is 0 Å². The van der Waals surface area contributed by atoms with Crippen LogP contribution in [0.25, 0.3) is 0 Å². The van der Waals surface area contributed by atoms with Gasteiger partial charge < -0.3 is 14.4 Å². The van der Waals surface area contributed by atoms with Crippen molar-refractivity contribution >= 4 is 35.6 Å². The van der Waals surface area contributed by atoms with Crippen LogP contribution in [0.15, 0.2) is 18.2 Å². The van der Waals surface area contributed by atoms with Crippen molar-refractivity contribution in [3.8, 4) is 0 Å². The van der Waals surface area contributed by atoms with Crippen molar-refractivity contribution in [1.82, 2.24) is 4.90 Å². The summed E-state index contributed by atoms with van der Waals surface area (Å²) in [6.45, 7) is 6.09. The summed E-state index contributed by atoms with van der Waals surface area (Å²) >= 11 is 12.0. The molecule has 0 saturated carbocycles. The van der Waals surface area contributed by atoms with Gasteiger partial charge in [0.1, 0.15) is 11.9 Å². The second-order valence-electron chi connectivity index (χ2n) is 7.07. The molecule has 2 atom stereocenters. The van der Waals surface area contributed by atoms with E-state index >= 15 is 0 Å². The number of hydrogen-bond donors (Lipinski definition) is 0. The van der Waals surface area contributed by atoms with E-state index in [1.165, 1.54) is 0 Å². The van der Waals surface area contributed by atoms with Crippen LogP contribution in [-0.4, -0.2) is 35.5 Å². The first kappa shape index (κ1) is 19.1. The molecule has 1 fully saturated rings. The molecule has 0 unspecified atom stereocenters. The van der Waals surface area contributed by atoms with Crippen molar-refractivity contribution in [2.75, 3.05) is 6.54 Å². The minimum Gasteiger partial charge on any atom is -0.444 e. The molecule has 1 aliphatic rings. The molecule has 0 radical (unpaired) electrons. The van der Waals surface area contributed by atoms with Gasteiger partial charge in [0.25, 0.3) is 0 Å². The third kappa shape index (κ3) is 4.64. The summed E-state index contributed by atoms with van der Waals surface area (Å²) in [6, 6.07) is 4.93. The predicted molar refractivity (Wildman–Crippen MR) is 95.8 cm³/mol. The average Bonchev–Trinajstić information content (AvgIpc) is 2.50. The molecule has 1 aliphatic heterocycles. The van der Waals surface area contributed by atoms with Gasteiger partial charge >= 0.3 is 6.09 Å². The standard InChI is InChI=1S/C18H23Cl2NO3/c1-18(2,3)24-17(23)21-9-5-4-6-16(21)13(11-22)12-7-8-14(19)15(20)10-12/h7-8,10-11,13,16H,4-6,9H2,1-3H3/t13-,16+/m0/s1. The van der Waals surface area contributed by atoms with E-state index in [1.807, 2.05) is 20.8 Å². The Morgan fingerprint density at radius 1 is 1.29 bits per heavy atom. The first-order valence-corrected chi connectivity index (χ1v) is 8.88. The monoisotopic (exact) mass is 371 g/mol. The maximum atomic E-state index is 12.5. The van der Waals surface area contributed by atoms with E-state index in [0.717, 1.165) is 31.1 Å². The minimum atomic E-state index is -0.570. The molecule has 0 N–H and O–H groups in total. The van der Waals surface area contributed by atoms with Gasteiger partial charge in [0.2, 0.25) is 0 Å². The Balaban J connectivity index is 2.28. The van der Waals surface area contributed by atoms with Gasteiger partial charge in [0, 0.05) is 12.6 Å². The molecule has 132 valence electrons. The number of aldehydes is 1. The van der Waals surface area contributed by atoms with Crippen LogP contribution in [0.4, 0.5) is 4.79 Å². The quantitative estimate of drug-likeness (QED) is 0.697. The lowest BCUT2D eigenvalue weighted by atomic mass is 9.86. The van der Waals surface area contributed by atoms with Crippen LogP contribution in [0.3, 0.4) is 0 Å². The highest BCUT2D eigenvalue weighted by atomic mass is 35.5. The molecular weight excluding hydrogens is 349 g/mol. The number of halogens is 2. The van der Waals surface area contributed by atoms with E-state index in [4.69, 9.17) is 27.9 Å². The minimum absolute atomic E-state index is 0.233. The highest BCUT2D eigenvalue weighted by Gasteiger charge is 2.36. The molecule has 1 aromatic rings. The number of benzene rings is 1.